The summed E-state index contributed by atoms with van der Waals surface area (Å²) < 4.78 is 121. The van der Waals surface area contributed by atoms with Gasteiger partial charge in [0.2, 0.25) is 0 Å². The van der Waals surface area contributed by atoms with Crippen LogP contribution in [0, 0.1) is 0 Å². The van der Waals surface area contributed by atoms with Crippen molar-refractivity contribution in [3.05, 3.63) is 301 Å². The largest absolute Gasteiger partial charge is 0.459 e. The van der Waals surface area contributed by atoms with Gasteiger partial charge >= 0.3 is 0 Å². The van der Waals surface area contributed by atoms with E-state index in [9.17, 15) is 13.7 Å². The summed E-state index contributed by atoms with van der Waals surface area (Å²) in [6.07, 6.45) is 0. The molecule has 0 atom stereocenters. The lowest BCUT2D eigenvalue weighted by Gasteiger charge is -2.48. The van der Waals surface area contributed by atoms with E-state index in [1.165, 1.54) is 0 Å². The number of benzene rings is 13. The maximum Gasteiger partial charge on any atom is 0.260 e. The molecule has 13 aromatic rings. The number of anilines is 6. The van der Waals surface area contributed by atoms with Gasteiger partial charge in [-0.25, -0.2) is 0 Å². The van der Waals surface area contributed by atoms with E-state index in [1.54, 1.807) is 48.5 Å². The summed E-state index contributed by atoms with van der Waals surface area (Å²) in [7, 11) is 0. The molecule has 0 saturated carbocycles. The zero-order chi connectivity index (χ0) is 74.9. The smallest absolute Gasteiger partial charge is 0.260 e. The monoisotopic (exact) mass is 1280 g/mol. The molecule has 0 unspecified atom stereocenters. The molecule has 17 rings (SSSR count). The molecule has 0 spiro atoms. The van der Waals surface area contributed by atoms with Gasteiger partial charge in [0.05, 0.1) is 25.1 Å². The van der Waals surface area contributed by atoms with Crippen molar-refractivity contribution < 1.29 is 23.2 Å². The topological polar surface area (TPSA) is 24.9 Å². The third-order valence-electron chi connectivity index (χ3n) is 19.6. The highest BCUT2D eigenvalue weighted by Gasteiger charge is 2.52. The van der Waals surface area contributed by atoms with Gasteiger partial charge in [0.15, 0.2) is 0 Å². The molecule has 0 amide bonds. The highest BCUT2D eigenvalue weighted by atomic mass is 35.5. The predicted molar refractivity (Wildman–Crippen MR) is 412 cm³/mol. The van der Waals surface area contributed by atoms with Crippen molar-refractivity contribution in [1.29, 1.82) is 0 Å². The highest BCUT2D eigenvalue weighted by Crippen LogP contribution is 2.56. The van der Waals surface area contributed by atoms with Gasteiger partial charge in [0, 0.05) is 61.5 Å². The number of hydrogen-bond acceptors (Lipinski definition) is 4. The van der Waals surface area contributed by atoms with Gasteiger partial charge in [-0.1, -0.05) is 286 Å². The van der Waals surface area contributed by atoms with Crippen LogP contribution in [0.1, 0.15) is 92.7 Å². The number of ether oxygens (including phenoxy) is 2. The predicted octanol–water partition coefficient (Wildman–Crippen LogP) is 21.0. The van der Waals surface area contributed by atoms with Crippen LogP contribution in [0.25, 0.3) is 66.8 Å². The van der Waals surface area contributed by atoms with Crippen molar-refractivity contribution in [2.75, 3.05) is 9.80 Å². The number of hydrogen-bond donors (Lipinski definition) is 0. The van der Waals surface area contributed by atoms with Gasteiger partial charge < -0.3 is 19.3 Å². The van der Waals surface area contributed by atoms with Crippen molar-refractivity contribution in [2.45, 2.75) is 78.6 Å². The minimum Gasteiger partial charge on any atom is -0.459 e. The van der Waals surface area contributed by atoms with Crippen molar-refractivity contribution in [3.8, 4) is 89.8 Å². The molecule has 4 heterocycles. The molecular weight excluding hydrogens is 1200 g/mol. The van der Waals surface area contributed by atoms with Gasteiger partial charge in [0.1, 0.15) is 23.0 Å². The average Bonchev–Trinajstić information content (AvgIpc) is 0.665. The molecule has 4 nitrogen and oxygen atoms in total. The molecule has 468 valence electrons. The Morgan fingerprint density at radius 1 is 0.320 bits per heavy atom. The number of rotatable bonds is 8. The first-order chi connectivity index (χ1) is 51.1. The summed E-state index contributed by atoms with van der Waals surface area (Å²) >= 11 is 7.54. The summed E-state index contributed by atoms with van der Waals surface area (Å²) in [5.41, 5.74) is 13.6. The minimum atomic E-state index is -1.36. The van der Waals surface area contributed by atoms with Crippen LogP contribution in [-0.4, -0.2) is 13.4 Å². The van der Waals surface area contributed by atoms with E-state index in [0.717, 1.165) is 61.2 Å². The summed E-state index contributed by atoms with van der Waals surface area (Å²) in [5, 5.41) is -0.251. The van der Waals surface area contributed by atoms with Crippen molar-refractivity contribution in [3.63, 3.8) is 0 Å². The molecule has 0 saturated heterocycles. The SMILES string of the molecule is [2H]c1c([2H])c2c(c([2H])c1Cl)N(c1c(-c3ccccc3)cc(C(C)(C)C)cc1-c1ccccc1)c1cc(C(C)(C)C)cc3c1B2c1c2c4c(c([2H])c1N3c1c(-c3ccccc3)cc(C(C)(C)C)cc1-c1ccccc1)Oc1c([2H])c([2H])c(-c3ccccc3)c([2H])c1B4c1c([2H])c(-c3ccccc3)c([2H])c([2H])c1O2. The summed E-state index contributed by atoms with van der Waals surface area (Å²) in [5.74, 6) is -0.423. The second-order valence-corrected chi connectivity index (χ2v) is 29.2. The van der Waals surface area contributed by atoms with E-state index in [-0.39, 0.29) is 132 Å². The quantitative estimate of drug-likeness (QED) is 0.142. The van der Waals surface area contributed by atoms with Crippen LogP contribution >= 0.6 is 11.6 Å². The van der Waals surface area contributed by atoms with Gasteiger partial charge in [-0.05, 0) is 165 Å². The lowest BCUT2D eigenvalue weighted by molar-refractivity contribution is 0.467. The summed E-state index contributed by atoms with van der Waals surface area (Å²) in [4.78, 5) is 4.26. The van der Waals surface area contributed by atoms with Crippen LogP contribution in [0.15, 0.2) is 279 Å². The van der Waals surface area contributed by atoms with Crippen molar-refractivity contribution in [2.24, 2.45) is 0 Å². The average molecular weight is 1280 g/mol. The lowest BCUT2D eigenvalue weighted by Crippen LogP contribution is -2.65. The number of fused-ring (bicyclic) bond motifs is 9. The van der Waals surface area contributed by atoms with E-state index in [2.05, 4.69) is 157 Å². The first-order valence-electron chi connectivity index (χ1n) is 38.3. The van der Waals surface area contributed by atoms with Crippen LogP contribution in [0.5, 0.6) is 23.0 Å². The van der Waals surface area contributed by atoms with Crippen LogP contribution < -0.4 is 52.1 Å². The van der Waals surface area contributed by atoms with E-state index in [1.807, 2.05) is 84.9 Å². The summed E-state index contributed by atoms with van der Waals surface area (Å²) in [6.45, 7) is 17.0. The maximum atomic E-state index is 11.7. The third kappa shape index (κ3) is 10.1. The lowest BCUT2D eigenvalue weighted by atomic mass is 9.30. The molecule has 0 radical (unpaired) electrons. The molecule has 4 aliphatic rings. The number of nitrogens with zero attached hydrogens (tertiary/aromatic N) is 2. The number of halogens is 1. The maximum absolute atomic E-state index is 11.7. The van der Waals surface area contributed by atoms with Crippen LogP contribution in [0.4, 0.5) is 34.1 Å². The van der Waals surface area contributed by atoms with Gasteiger partial charge in [-0.15, -0.1) is 0 Å². The van der Waals surface area contributed by atoms with E-state index < -0.39 is 35.7 Å². The van der Waals surface area contributed by atoms with E-state index in [0.29, 0.717) is 39.3 Å². The Morgan fingerprint density at radius 3 is 1.09 bits per heavy atom. The van der Waals surface area contributed by atoms with E-state index >= 15 is 0 Å². The molecule has 0 fully saturated rings. The molecular formula is C90H73B2ClN2O2. The zero-order valence-electron chi connectivity index (χ0n) is 65.5. The third-order valence-corrected chi connectivity index (χ3v) is 19.7. The Labute approximate surface area is 590 Å². The fourth-order valence-corrected chi connectivity index (χ4v) is 14.8. The highest BCUT2D eigenvalue weighted by molar-refractivity contribution is 7.03. The molecule has 13 aromatic carbocycles. The van der Waals surface area contributed by atoms with Crippen molar-refractivity contribution in [1.82, 2.24) is 0 Å². The zero-order valence-corrected chi connectivity index (χ0v) is 56.3. The van der Waals surface area contributed by atoms with Crippen LogP contribution in [0.2, 0.25) is 5.02 Å². The molecule has 0 aliphatic carbocycles. The Balaban J connectivity index is 1.13. The molecule has 0 bridgehead atoms. The van der Waals surface area contributed by atoms with Gasteiger partial charge in [-0.2, -0.15) is 0 Å². The molecule has 7 heteroatoms. The minimum absolute atomic E-state index is 0.0349. The molecule has 0 aromatic heterocycles. The first-order valence-corrected chi connectivity index (χ1v) is 33.6. The Morgan fingerprint density at radius 2 is 0.691 bits per heavy atom. The first kappa shape index (κ1) is 49.9. The fraction of sp³-hybridized carbons (Fsp3) is 0.133. The van der Waals surface area contributed by atoms with Crippen LogP contribution in [-0.2, 0) is 16.2 Å². The van der Waals surface area contributed by atoms with Crippen molar-refractivity contribution >= 4 is 91.9 Å². The van der Waals surface area contributed by atoms with Gasteiger partial charge in [0.25, 0.3) is 13.4 Å². The fourth-order valence-electron chi connectivity index (χ4n) is 14.6. The van der Waals surface area contributed by atoms with Gasteiger partial charge in [-0.3, -0.25) is 0 Å². The Kier molecular flexibility index (Phi) is 11.8. The van der Waals surface area contributed by atoms with E-state index in [4.69, 9.17) is 21.1 Å². The molecule has 4 aliphatic heterocycles. The summed E-state index contributed by atoms with van der Waals surface area (Å²) in [6, 6.07) is 69.2. The molecule has 97 heavy (non-hydrogen) atoms. The Hall–Kier alpha value is -10.5. The molecule has 0 N–H and O–H groups in total. The Bertz CT molecular complexity index is 5740. The second-order valence-electron chi connectivity index (χ2n) is 28.9. The van der Waals surface area contributed by atoms with Crippen LogP contribution in [0.3, 0.4) is 0 Å². The normalized spacial score (nSPS) is 14.8. The second kappa shape index (κ2) is 22.8. The standard InChI is InChI=1S/C90H73B2ClN2O2/c1-88(2,3)64-48-68(58-32-20-12-21-33-58)85(69(49-64)59-34-22-13-23-35-59)94-75-54-67(93)42-43-72(75)92-82-76(94)52-66(90(7,8)9)53-77(82)95(86-70(60-36-24-14-25-37-60)50-65(89(4,5)6)51-71(86)61-38-26-15-27-39-61)78-55-81-84-87(83(78)92)97-80-45-41-63(57-30-18-11-19-31-57)47-74(80)91(84)73-46-62(40-44-79(73)96-81)56-28-16-10-17-29-56/h10-55H,1-9H3/i40D,41D,42D,43D,44D,45D,46D,47D,54D,55D.